The van der Waals surface area contributed by atoms with Gasteiger partial charge in [-0.3, -0.25) is 0 Å². The fraction of sp³-hybridized carbons (Fsp3) is 0.571. The van der Waals surface area contributed by atoms with Crippen molar-refractivity contribution in [1.29, 1.82) is 0 Å². The molecule has 0 radical (unpaired) electrons. The van der Waals surface area contributed by atoms with E-state index in [-0.39, 0.29) is 5.31 Å². The molecular weight excluding hydrogens is 163 g/mol. The van der Waals surface area contributed by atoms with E-state index in [9.17, 15) is 9.36 Å². The number of carboxylic acids is 1. The van der Waals surface area contributed by atoms with Gasteiger partial charge in [0.05, 0.1) is 5.31 Å². The Morgan fingerprint density at radius 3 is 2.36 bits per heavy atom. The number of rotatable bonds is 1. The molecule has 0 saturated carbocycles. The van der Waals surface area contributed by atoms with Crippen LogP contribution in [0.3, 0.4) is 0 Å². The number of hydrogen-bond donors (Lipinski definition) is 1. The lowest BCUT2D eigenvalue weighted by Gasteiger charge is -2.04. The summed E-state index contributed by atoms with van der Waals surface area (Å²) in [5.74, 6) is -1.01. The highest BCUT2D eigenvalue weighted by molar-refractivity contribution is 7.69. The molecular formula is C7H11O3P. The minimum atomic E-state index is -2.49. The van der Waals surface area contributed by atoms with Crippen LogP contribution in [-0.2, 0) is 9.36 Å². The third-order valence-corrected chi connectivity index (χ3v) is 4.59. The second kappa shape index (κ2) is 2.49. The van der Waals surface area contributed by atoms with Crippen LogP contribution in [-0.4, -0.2) is 23.9 Å². The summed E-state index contributed by atoms with van der Waals surface area (Å²) in [5, 5.41) is 8.87. The minimum absolute atomic E-state index is 0.178. The maximum atomic E-state index is 11.6. The first-order valence-electron chi connectivity index (χ1n) is 3.45. The summed E-state index contributed by atoms with van der Waals surface area (Å²) in [4.78, 5) is 10.6. The third-order valence-electron chi connectivity index (χ3n) is 1.99. The second-order valence-electron chi connectivity index (χ2n) is 3.01. The first-order chi connectivity index (χ1) is 4.95. The van der Waals surface area contributed by atoms with Gasteiger partial charge in [0.1, 0.15) is 7.14 Å². The fourth-order valence-corrected chi connectivity index (χ4v) is 3.71. The zero-order chi connectivity index (χ0) is 8.65. The van der Waals surface area contributed by atoms with Crippen LogP contribution in [0.25, 0.3) is 0 Å². The van der Waals surface area contributed by atoms with Crippen molar-refractivity contribution in [3.8, 4) is 0 Å². The van der Waals surface area contributed by atoms with E-state index in [0.717, 1.165) is 5.57 Å². The monoisotopic (exact) mass is 174 g/mol. The summed E-state index contributed by atoms with van der Waals surface area (Å²) < 4.78 is 11.6. The molecule has 0 aromatic carbocycles. The number of hydrogen-bond acceptors (Lipinski definition) is 2. The van der Waals surface area contributed by atoms with E-state index in [2.05, 4.69) is 0 Å². The first kappa shape index (κ1) is 8.54. The zero-order valence-electron chi connectivity index (χ0n) is 6.63. The highest BCUT2D eigenvalue weighted by Crippen LogP contribution is 2.57. The molecule has 1 aliphatic heterocycles. The predicted molar refractivity (Wildman–Crippen MR) is 43.4 cm³/mol. The van der Waals surface area contributed by atoms with Gasteiger partial charge in [-0.15, -0.1) is 0 Å². The van der Waals surface area contributed by atoms with Crippen LogP contribution in [0.5, 0.6) is 0 Å². The maximum Gasteiger partial charge on any atom is 0.339 e. The van der Waals surface area contributed by atoms with Crippen molar-refractivity contribution < 1.29 is 14.5 Å². The molecule has 1 unspecified atom stereocenters. The third kappa shape index (κ3) is 1.38. The summed E-state index contributed by atoms with van der Waals surface area (Å²) in [7, 11) is -2.49. The van der Waals surface area contributed by atoms with Crippen molar-refractivity contribution in [2.24, 2.45) is 0 Å². The molecule has 1 heterocycles. The molecule has 0 bridgehead atoms. The summed E-state index contributed by atoms with van der Waals surface area (Å²) in [6, 6.07) is 0. The topological polar surface area (TPSA) is 54.4 Å². The summed E-state index contributed by atoms with van der Waals surface area (Å²) in [6.07, 6.45) is 1.20. The highest BCUT2D eigenvalue weighted by atomic mass is 31.2. The van der Waals surface area contributed by atoms with E-state index in [1.165, 1.54) is 0 Å². The molecule has 0 aliphatic carbocycles. The lowest BCUT2D eigenvalue weighted by molar-refractivity contribution is -0.131. The normalized spacial score (nSPS) is 31.1. The van der Waals surface area contributed by atoms with E-state index in [0.29, 0.717) is 12.6 Å². The zero-order valence-corrected chi connectivity index (χ0v) is 7.52. The van der Waals surface area contributed by atoms with Crippen LogP contribution >= 0.6 is 7.14 Å². The Balaban J connectivity index is 3.15. The van der Waals surface area contributed by atoms with Crippen LogP contribution < -0.4 is 0 Å². The molecule has 0 spiro atoms. The molecule has 0 fully saturated rings. The smallest absolute Gasteiger partial charge is 0.339 e. The van der Waals surface area contributed by atoms with Gasteiger partial charge < -0.3 is 9.67 Å². The Bertz CT molecular complexity index is 277. The predicted octanol–water partition coefficient (Wildman–Crippen LogP) is 1.74. The molecule has 0 aromatic heterocycles. The molecule has 0 saturated heterocycles. The van der Waals surface area contributed by atoms with Gasteiger partial charge in [0.2, 0.25) is 0 Å². The molecule has 11 heavy (non-hydrogen) atoms. The molecule has 1 N–H and O–H groups in total. The van der Waals surface area contributed by atoms with Gasteiger partial charge in [-0.2, -0.15) is 0 Å². The largest absolute Gasteiger partial charge is 0.478 e. The standard InChI is InChI=1S/C7H11O3P/c1-5-3-4-11(2,10)6(5)7(8)9/h3-4H2,1-2H3,(H,8,9). The Kier molecular flexibility index (Phi) is 1.93. The lowest BCUT2D eigenvalue weighted by Crippen LogP contribution is -1.99. The van der Waals surface area contributed by atoms with Crippen LogP contribution in [0.1, 0.15) is 13.3 Å². The van der Waals surface area contributed by atoms with Crippen LogP contribution in [0.2, 0.25) is 0 Å². The fourth-order valence-electron chi connectivity index (χ4n) is 1.40. The van der Waals surface area contributed by atoms with E-state index in [4.69, 9.17) is 5.11 Å². The van der Waals surface area contributed by atoms with Crippen molar-refractivity contribution in [2.75, 3.05) is 12.8 Å². The summed E-state index contributed by atoms with van der Waals surface area (Å²) in [5.41, 5.74) is 0.781. The van der Waals surface area contributed by atoms with Crippen molar-refractivity contribution in [2.45, 2.75) is 13.3 Å². The van der Waals surface area contributed by atoms with E-state index < -0.39 is 13.1 Å². The van der Waals surface area contributed by atoms with E-state index in [1.807, 2.05) is 0 Å². The Labute approximate surface area is 65.5 Å². The van der Waals surface area contributed by atoms with Gasteiger partial charge in [-0.25, -0.2) is 4.79 Å². The average molecular weight is 174 g/mol. The van der Waals surface area contributed by atoms with Gasteiger partial charge in [0.25, 0.3) is 0 Å². The SMILES string of the molecule is CC1=C(C(=O)O)P(C)(=O)CC1. The summed E-state index contributed by atoms with van der Waals surface area (Å²) >= 11 is 0. The first-order valence-corrected chi connectivity index (χ1v) is 5.79. The number of allylic oxidation sites excluding steroid dienone is 1. The quantitative estimate of drug-likeness (QED) is 0.616. The molecule has 0 aromatic rings. The van der Waals surface area contributed by atoms with Crippen molar-refractivity contribution >= 4 is 13.1 Å². The molecule has 0 amide bonds. The molecule has 1 aliphatic rings. The molecule has 3 nitrogen and oxygen atoms in total. The second-order valence-corrected chi connectivity index (χ2v) is 6.10. The maximum absolute atomic E-state index is 11.6. The van der Waals surface area contributed by atoms with Gasteiger partial charge in [0.15, 0.2) is 0 Å². The molecule has 4 heteroatoms. The molecule has 1 atom stereocenters. The number of carbonyl (C=O) groups is 1. The van der Waals surface area contributed by atoms with E-state index >= 15 is 0 Å². The van der Waals surface area contributed by atoms with Crippen LogP contribution in [0, 0.1) is 0 Å². The number of aliphatic carboxylic acids is 1. The molecule has 62 valence electrons. The Hall–Kier alpha value is -0.560. The number of carboxylic acid groups (broad SMARTS) is 1. The van der Waals surface area contributed by atoms with Gasteiger partial charge in [-0.1, -0.05) is 5.57 Å². The van der Waals surface area contributed by atoms with Gasteiger partial charge in [-0.05, 0) is 20.0 Å². The lowest BCUT2D eigenvalue weighted by atomic mass is 10.2. The van der Waals surface area contributed by atoms with Gasteiger partial charge in [0, 0.05) is 6.16 Å². The minimum Gasteiger partial charge on any atom is -0.478 e. The van der Waals surface area contributed by atoms with Crippen LogP contribution in [0.4, 0.5) is 0 Å². The van der Waals surface area contributed by atoms with Crippen molar-refractivity contribution in [1.82, 2.24) is 0 Å². The highest BCUT2D eigenvalue weighted by Gasteiger charge is 2.34. The molecule has 1 rings (SSSR count). The Morgan fingerprint density at radius 2 is 2.18 bits per heavy atom. The van der Waals surface area contributed by atoms with Crippen molar-refractivity contribution in [3.63, 3.8) is 0 Å². The average Bonchev–Trinajstić information content (AvgIpc) is 2.06. The van der Waals surface area contributed by atoms with Gasteiger partial charge >= 0.3 is 5.97 Å². The van der Waals surface area contributed by atoms with Crippen molar-refractivity contribution in [3.05, 3.63) is 10.9 Å². The summed E-state index contributed by atoms with van der Waals surface area (Å²) in [6.45, 7) is 3.29. The van der Waals surface area contributed by atoms with Crippen LogP contribution in [0.15, 0.2) is 10.9 Å². The Morgan fingerprint density at radius 1 is 1.64 bits per heavy atom. The van der Waals surface area contributed by atoms with E-state index in [1.54, 1.807) is 13.6 Å².